The monoisotopic (exact) mass is 366 g/mol. The van der Waals surface area contributed by atoms with Crippen molar-refractivity contribution < 1.29 is 9.53 Å². The molecular formula is C21H22N2O2S. The van der Waals surface area contributed by atoms with Gasteiger partial charge in [-0.25, -0.2) is 9.78 Å². The molecule has 4 nitrogen and oxygen atoms in total. The van der Waals surface area contributed by atoms with Crippen molar-refractivity contribution in [3.05, 3.63) is 46.0 Å². The van der Waals surface area contributed by atoms with E-state index in [0.29, 0.717) is 17.2 Å². The predicted octanol–water partition coefficient (Wildman–Crippen LogP) is 4.91. The molecule has 0 amide bonds. The van der Waals surface area contributed by atoms with Crippen LogP contribution in [0.1, 0.15) is 46.3 Å². The average molecular weight is 366 g/mol. The third-order valence-corrected chi connectivity index (χ3v) is 6.00. The quantitative estimate of drug-likeness (QED) is 0.669. The molecule has 3 aromatic rings. The van der Waals surface area contributed by atoms with Gasteiger partial charge in [0.05, 0.1) is 12.3 Å². The van der Waals surface area contributed by atoms with E-state index in [0.717, 1.165) is 52.7 Å². The van der Waals surface area contributed by atoms with E-state index in [1.54, 1.807) is 6.92 Å². The van der Waals surface area contributed by atoms with Gasteiger partial charge in [0.2, 0.25) is 0 Å². The highest BCUT2D eigenvalue weighted by molar-refractivity contribution is 7.21. The second-order valence-electron chi connectivity index (χ2n) is 6.73. The van der Waals surface area contributed by atoms with Crippen LogP contribution in [0.3, 0.4) is 0 Å². The second-order valence-corrected chi connectivity index (χ2v) is 7.73. The topological polar surface area (TPSA) is 65.2 Å². The number of ether oxygens (including phenoxy) is 1. The number of thiophene rings is 1. The summed E-state index contributed by atoms with van der Waals surface area (Å²) in [5.41, 5.74) is 12.9. The molecule has 2 N–H and O–H groups in total. The van der Waals surface area contributed by atoms with Crippen LogP contribution in [0.5, 0.6) is 0 Å². The first-order chi connectivity index (χ1) is 12.6. The van der Waals surface area contributed by atoms with Crippen molar-refractivity contribution in [1.29, 1.82) is 0 Å². The van der Waals surface area contributed by atoms with Crippen LogP contribution in [0.15, 0.2) is 24.3 Å². The van der Waals surface area contributed by atoms with Crippen molar-refractivity contribution >= 4 is 33.2 Å². The number of anilines is 1. The summed E-state index contributed by atoms with van der Waals surface area (Å²) in [4.78, 5) is 18.5. The number of aryl methyl sites for hydroxylation is 2. The average Bonchev–Trinajstić information content (AvgIpc) is 2.96. The Labute approximate surface area is 157 Å². The number of pyridine rings is 1. The third kappa shape index (κ3) is 2.76. The van der Waals surface area contributed by atoms with Crippen molar-refractivity contribution in [1.82, 2.24) is 4.98 Å². The maximum Gasteiger partial charge on any atom is 0.350 e. The minimum Gasteiger partial charge on any atom is -0.462 e. The molecule has 0 atom stereocenters. The third-order valence-electron chi connectivity index (χ3n) is 4.92. The van der Waals surface area contributed by atoms with Gasteiger partial charge in [0.1, 0.15) is 9.71 Å². The normalized spacial score (nSPS) is 13.6. The number of rotatable bonds is 3. The molecule has 2 aromatic heterocycles. The van der Waals surface area contributed by atoms with Crippen molar-refractivity contribution in [3.63, 3.8) is 0 Å². The van der Waals surface area contributed by atoms with E-state index in [9.17, 15) is 4.79 Å². The van der Waals surface area contributed by atoms with E-state index < -0.39 is 0 Å². The summed E-state index contributed by atoms with van der Waals surface area (Å²) in [5.74, 6) is -0.360. The Hall–Kier alpha value is -2.40. The molecule has 2 heterocycles. The fourth-order valence-electron chi connectivity index (χ4n) is 3.77. The molecule has 1 aromatic carbocycles. The number of carbonyl (C=O) groups is 1. The molecule has 0 bridgehead atoms. The van der Waals surface area contributed by atoms with Crippen molar-refractivity contribution in [2.45, 2.75) is 39.5 Å². The van der Waals surface area contributed by atoms with Gasteiger partial charge < -0.3 is 10.5 Å². The lowest BCUT2D eigenvalue weighted by molar-refractivity contribution is 0.0533. The van der Waals surface area contributed by atoms with Crippen molar-refractivity contribution in [2.24, 2.45) is 0 Å². The number of fused-ring (bicyclic) bond motifs is 2. The molecule has 0 aliphatic heterocycles. The van der Waals surface area contributed by atoms with Crippen LogP contribution in [0.2, 0.25) is 0 Å². The highest BCUT2D eigenvalue weighted by atomic mass is 32.1. The number of nitrogens with zero attached hydrogens (tertiary/aromatic N) is 1. The number of esters is 1. The van der Waals surface area contributed by atoms with Gasteiger partial charge in [-0.2, -0.15) is 0 Å². The SMILES string of the molecule is CCOC(=O)c1sc2nc3c(c(-c4cccc(C)c4)c2c1N)CCCC3. The van der Waals surface area contributed by atoms with E-state index in [4.69, 9.17) is 15.5 Å². The van der Waals surface area contributed by atoms with Gasteiger partial charge in [-0.3, -0.25) is 0 Å². The first kappa shape index (κ1) is 17.0. The van der Waals surface area contributed by atoms with E-state index in [1.165, 1.54) is 22.5 Å². The minimum absolute atomic E-state index is 0.335. The molecule has 1 aliphatic carbocycles. The van der Waals surface area contributed by atoms with E-state index in [-0.39, 0.29) is 5.97 Å². The first-order valence-electron chi connectivity index (χ1n) is 9.08. The zero-order valence-corrected chi connectivity index (χ0v) is 15.9. The molecule has 0 fully saturated rings. The highest BCUT2D eigenvalue weighted by Gasteiger charge is 2.26. The lowest BCUT2D eigenvalue weighted by Crippen LogP contribution is -2.08. The fourth-order valence-corrected chi connectivity index (χ4v) is 4.79. The molecular weight excluding hydrogens is 344 g/mol. The number of benzene rings is 1. The van der Waals surface area contributed by atoms with Crippen LogP contribution >= 0.6 is 11.3 Å². The van der Waals surface area contributed by atoms with Crippen molar-refractivity contribution in [2.75, 3.05) is 12.3 Å². The Kier molecular flexibility index (Phi) is 4.41. The number of nitrogen functional groups attached to an aromatic ring is 1. The Bertz CT molecular complexity index is 1010. The van der Waals surface area contributed by atoms with Crippen LogP contribution in [0.25, 0.3) is 21.3 Å². The lowest BCUT2D eigenvalue weighted by atomic mass is 9.87. The summed E-state index contributed by atoms with van der Waals surface area (Å²) >= 11 is 1.35. The van der Waals surface area contributed by atoms with Gasteiger partial charge in [0.15, 0.2) is 0 Å². The Balaban J connectivity index is 2.05. The lowest BCUT2D eigenvalue weighted by Gasteiger charge is -2.20. The number of hydrogen-bond acceptors (Lipinski definition) is 5. The highest BCUT2D eigenvalue weighted by Crippen LogP contribution is 2.44. The van der Waals surface area contributed by atoms with Crippen LogP contribution in [0, 0.1) is 6.92 Å². The van der Waals surface area contributed by atoms with Crippen LogP contribution < -0.4 is 5.73 Å². The van der Waals surface area contributed by atoms with E-state index >= 15 is 0 Å². The Morgan fingerprint density at radius 2 is 2.12 bits per heavy atom. The molecule has 134 valence electrons. The molecule has 26 heavy (non-hydrogen) atoms. The zero-order chi connectivity index (χ0) is 18.3. The molecule has 0 saturated heterocycles. The summed E-state index contributed by atoms with van der Waals surface area (Å²) in [7, 11) is 0. The standard InChI is InChI=1S/C21H22N2O2S/c1-3-25-21(24)19-18(22)17-16(13-8-6-7-12(2)11-13)14-9-4-5-10-15(14)23-20(17)26-19/h6-8,11H,3-5,9-10,22H2,1-2H3. The molecule has 0 unspecified atom stereocenters. The smallest absolute Gasteiger partial charge is 0.350 e. The number of hydrogen-bond donors (Lipinski definition) is 1. The molecule has 1 aliphatic rings. The van der Waals surface area contributed by atoms with Crippen LogP contribution in [0.4, 0.5) is 5.69 Å². The summed E-state index contributed by atoms with van der Waals surface area (Å²) < 4.78 is 5.19. The predicted molar refractivity (Wildman–Crippen MR) is 107 cm³/mol. The summed E-state index contributed by atoms with van der Waals surface area (Å²) in [6.07, 6.45) is 4.31. The fraction of sp³-hybridized carbons (Fsp3) is 0.333. The van der Waals surface area contributed by atoms with Gasteiger partial charge >= 0.3 is 5.97 Å². The largest absolute Gasteiger partial charge is 0.462 e. The maximum atomic E-state index is 12.3. The number of nitrogens with two attached hydrogens (primary N) is 1. The number of aromatic nitrogens is 1. The van der Waals surface area contributed by atoms with E-state index in [2.05, 4.69) is 31.2 Å². The van der Waals surface area contributed by atoms with Gasteiger partial charge in [0.25, 0.3) is 0 Å². The van der Waals surface area contributed by atoms with Gasteiger partial charge in [-0.1, -0.05) is 29.8 Å². The van der Waals surface area contributed by atoms with Crippen LogP contribution in [-0.4, -0.2) is 17.6 Å². The van der Waals surface area contributed by atoms with Crippen LogP contribution in [-0.2, 0) is 17.6 Å². The Morgan fingerprint density at radius 1 is 1.31 bits per heavy atom. The van der Waals surface area contributed by atoms with Crippen molar-refractivity contribution in [3.8, 4) is 11.1 Å². The summed E-state index contributed by atoms with van der Waals surface area (Å²) in [5, 5.41) is 0.907. The molecule has 4 rings (SSSR count). The first-order valence-corrected chi connectivity index (χ1v) is 9.89. The molecule has 5 heteroatoms. The number of carbonyl (C=O) groups excluding carboxylic acids is 1. The Morgan fingerprint density at radius 3 is 2.88 bits per heavy atom. The van der Waals surface area contributed by atoms with Gasteiger partial charge in [0, 0.05) is 11.1 Å². The van der Waals surface area contributed by atoms with E-state index in [1.807, 2.05) is 0 Å². The molecule has 0 radical (unpaired) electrons. The molecule has 0 spiro atoms. The second kappa shape index (κ2) is 6.72. The van der Waals surface area contributed by atoms with Gasteiger partial charge in [-0.15, -0.1) is 11.3 Å². The minimum atomic E-state index is -0.360. The zero-order valence-electron chi connectivity index (χ0n) is 15.1. The summed E-state index contributed by atoms with van der Waals surface area (Å²) in [6.45, 7) is 4.23. The summed E-state index contributed by atoms with van der Waals surface area (Å²) in [6, 6.07) is 8.47. The molecule has 0 saturated carbocycles. The van der Waals surface area contributed by atoms with Gasteiger partial charge in [-0.05, 0) is 56.2 Å². The maximum absolute atomic E-state index is 12.3.